The Morgan fingerprint density at radius 1 is 1.38 bits per heavy atom. The Hall–Kier alpha value is -2.25. The molecular weight excluding hydrogens is 366 g/mol. The van der Waals surface area contributed by atoms with E-state index < -0.39 is 0 Å². The number of ether oxygens (including phenoxy) is 1. The quantitative estimate of drug-likeness (QED) is 0.768. The molecule has 0 unspecified atom stereocenters. The molecule has 5 rings (SSSR count). The number of pyridine rings is 1. The Kier molecular flexibility index (Phi) is 4.87. The Morgan fingerprint density at radius 3 is 3.14 bits per heavy atom. The minimum absolute atomic E-state index is 0.00206. The molecule has 0 aromatic carbocycles. The van der Waals surface area contributed by atoms with E-state index in [0.717, 1.165) is 50.3 Å². The lowest BCUT2D eigenvalue weighted by molar-refractivity contribution is -0.122. The van der Waals surface area contributed by atoms with Gasteiger partial charge in [-0.1, -0.05) is 6.07 Å². The van der Waals surface area contributed by atoms with Crippen molar-refractivity contribution in [3.8, 4) is 0 Å². The largest absolute Gasteiger partial charge is 0.370 e. The van der Waals surface area contributed by atoms with Gasteiger partial charge in [-0.05, 0) is 38.0 Å². The van der Waals surface area contributed by atoms with Crippen LogP contribution in [0, 0.1) is 18.8 Å². The first-order valence-electron chi connectivity index (χ1n) is 10.7. The highest BCUT2D eigenvalue weighted by Crippen LogP contribution is 2.54. The number of carbonyl (C=O) groups excluding carboxylic acids is 1. The first-order valence-corrected chi connectivity index (χ1v) is 10.7. The van der Waals surface area contributed by atoms with Gasteiger partial charge in [0.05, 0.1) is 11.7 Å². The number of hydrogen-bond donors (Lipinski definition) is 1. The van der Waals surface area contributed by atoms with Crippen LogP contribution < -0.4 is 5.32 Å². The van der Waals surface area contributed by atoms with E-state index in [1.165, 1.54) is 0 Å². The van der Waals surface area contributed by atoms with Gasteiger partial charge in [-0.25, -0.2) is 0 Å². The lowest BCUT2D eigenvalue weighted by Gasteiger charge is -2.29. The van der Waals surface area contributed by atoms with Gasteiger partial charge in [-0.2, -0.15) is 5.10 Å². The number of aromatic nitrogens is 3. The van der Waals surface area contributed by atoms with E-state index in [1.807, 2.05) is 25.3 Å². The number of likely N-dealkylation sites (tertiary alicyclic amines) is 1. The van der Waals surface area contributed by atoms with E-state index in [0.29, 0.717) is 24.5 Å². The fraction of sp³-hybridized carbons (Fsp3) is 0.591. The summed E-state index contributed by atoms with van der Waals surface area (Å²) in [5.41, 5.74) is 2.24. The van der Waals surface area contributed by atoms with Gasteiger partial charge in [-0.15, -0.1) is 0 Å². The van der Waals surface area contributed by atoms with Crippen molar-refractivity contribution in [2.75, 3.05) is 26.2 Å². The molecule has 0 aliphatic carbocycles. The normalized spacial score (nSPS) is 30.6. The van der Waals surface area contributed by atoms with Crippen molar-refractivity contribution in [2.24, 2.45) is 11.8 Å². The summed E-state index contributed by atoms with van der Waals surface area (Å²) in [6.07, 6.45) is 7.04. The first kappa shape index (κ1) is 18.8. The molecule has 5 heterocycles. The summed E-state index contributed by atoms with van der Waals surface area (Å²) < 4.78 is 8.17. The number of amides is 1. The maximum Gasteiger partial charge on any atom is 0.241 e. The molecule has 4 atom stereocenters. The Morgan fingerprint density at radius 2 is 2.31 bits per heavy atom. The number of hydrogen-bond acceptors (Lipinski definition) is 5. The molecule has 7 heteroatoms. The van der Waals surface area contributed by atoms with Crippen molar-refractivity contribution < 1.29 is 9.53 Å². The number of fused-ring (bicyclic) bond motifs is 1. The van der Waals surface area contributed by atoms with Crippen LogP contribution in [0.4, 0.5) is 0 Å². The van der Waals surface area contributed by atoms with E-state index in [1.54, 1.807) is 10.9 Å². The zero-order valence-electron chi connectivity index (χ0n) is 17.0. The van der Waals surface area contributed by atoms with Crippen LogP contribution in [0.3, 0.4) is 0 Å². The van der Waals surface area contributed by atoms with Crippen LogP contribution in [0.15, 0.2) is 36.7 Å². The molecule has 2 aromatic heterocycles. The van der Waals surface area contributed by atoms with E-state index in [9.17, 15) is 4.79 Å². The summed E-state index contributed by atoms with van der Waals surface area (Å²) >= 11 is 0. The molecule has 1 spiro atoms. The highest BCUT2D eigenvalue weighted by molar-refractivity contribution is 5.75. The van der Waals surface area contributed by atoms with Crippen LogP contribution in [0.25, 0.3) is 0 Å². The molecule has 0 saturated carbocycles. The second kappa shape index (κ2) is 7.54. The molecule has 29 heavy (non-hydrogen) atoms. The predicted molar refractivity (Wildman–Crippen MR) is 108 cm³/mol. The van der Waals surface area contributed by atoms with Crippen molar-refractivity contribution in [3.05, 3.63) is 48.0 Å². The van der Waals surface area contributed by atoms with Crippen molar-refractivity contribution in [1.29, 1.82) is 0 Å². The van der Waals surface area contributed by atoms with Gasteiger partial charge in [0.15, 0.2) is 0 Å². The Labute approximate surface area is 171 Å². The highest BCUT2D eigenvalue weighted by atomic mass is 16.5. The zero-order chi connectivity index (χ0) is 19.8. The molecule has 3 saturated heterocycles. The standard InChI is InChI=1S/C22H29N5O2/c1-16-4-2-5-17(25-16)7-11-26-13-19-18(20-6-8-22(19,15-26)29-20)12-23-21(28)14-27-10-3-9-24-27/h2-5,9-10,18-20H,6-8,11-15H2,1H3,(H,23,28)/t18-,19+,20+,22+/m0/s1. The number of nitrogens with zero attached hydrogens (tertiary/aromatic N) is 4. The zero-order valence-corrected chi connectivity index (χ0v) is 17.0. The van der Waals surface area contributed by atoms with Crippen molar-refractivity contribution in [3.63, 3.8) is 0 Å². The number of rotatable bonds is 7. The van der Waals surface area contributed by atoms with E-state index in [-0.39, 0.29) is 18.1 Å². The summed E-state index contributed by atoms with van der Waals surface area (Å²) in [7, 11) is 0. The summed E-state index contributed by atoms with van der Waals surface area (Å²) in [6.45, 7) is 6.10. The van der Waals surface area contributed by atoms with Crippen LogP contribution in [0.5, 0.6) is 0 Å². The monoisotopic (exact) mass is 395 g/mol. The summed E-state index contributed by atoms with van der Waals surface area (Å²) in [5.74, 6) is 0.940. The van der Waals surface area contributed by atoms with E-state index in [4.69, 9.17) is 4.74 Å². The SMILES string of the molecule is Cc1cccc(CCN2C[C@@H]3[C@H](CNC(=O)Cn4cccn4)[C@H]4CC[C@]3(C2)O4)n1. The second-order valence-corrected chi connectivity index (χ2v) is 8.79. The molecule has 3 aliphatic rings. The number of aryl methyl sites for hydroxylation is 1. The molecule has 1 amide bonds. The predicted octanol–water partition coefficient (Wildman–Crippen LogP) is 1.42. The molecule has 154 valence electrons. The molecular formula is C22H29N5O2. The lowest BCUT2D eigenvalue weighted by Crippen LogP contribution is -2.42. The number of carbonyl (C=O) groups is 1. The van der Waals surface area contributed by atoms with E-state index in [2.05, 4.69) is 32.4 Å². The molecule has 2 aromatic rings. The Balaban J connectivity index is 1.17. The smallest absolute Gasteiger partial charge is 0.241 e. The summed E-state index contributed by atoms with van der Waals surface area (Å²) in [5, 5.41) is 7.23. The fourth-order valence-electron chi connectivity index (χ4n) is 5.57. The minimum atomic E-state index is 0.00206. The van der Waals surface area contributed by atoms with Gasteiger partial charge in [0.2, 0.25) is 5.91 Å². The van der Waals surface area contributed by atoms with Gasteiger partial charge in [-0.3, -0.25) is 19.4 Å². The molecule has 2 bridgehead atoms. The van der Waals surface area contributed by atoms with Crippen LogP contribution in [-0.4, -0.2) is 63.5 Å². The fourth-order valence-corrected chi connectivity index (χ4v) is 5.57. The Bertz CT molecular complexity index is 870. The van der Waals surface area contributed by atoms with Crippen molar-refractivity contribution in [2.45, 2.75) is 44.4 Å². The maximum atomic E-state index is 12.3. The molecule has 1 N–H and O–H groups in total. The van der Waals surface area contributed by atoms with Crippen molar-refractivity contribution in [1.82, 2.24) is 25.0 Å². The molecule has 3 fully saturated rings. The van der Waals surface area contributed by atoms with Crippen molar-refractivity contribution >= 4 is 5.91 Å². The van der Waals surface area contributed by atoms with Gasteiger partial charge in [0, 0.05) is 68.2 Å². The van der Waals surface area contributed by atoms with Crippen LogP contribution in [-0.2, 0) is 22.5 Å². The lowest BCUT2D eigenvalue weighted by atomic mass is 9.73. The third-order valence-corrected chi connectivity index (χ3v) is 6.88. The maximum absolute atomic E-state index is 12.3. The minimum Gasteiger partial charge on any atom is -0.370 e. The second-order valence-electron chi connectivity index (χ2n) is 8.79. The van der Waals surface area contributed by atoms with Gasteiger partial charge < -0.3 is 10.1 Å². The van der Waals surface area contributed by atoms with Crippen LogP contribution >= 0.6 is 0 Å². The third-order valence-electron chi connectivity index (χ3n) is 6.88. The van der Waals surface area contributed by atoms with Gasteiger partial charge in [0.1, 0.15) is 6.54 Å². The van der Waals surface area contributed by atoms with Crippen LogP contribution in [0.2, 0.25) is 0 Å². The number of nitrogens with one attached hydrogen (secondary N) is 1. The van der Waals surface area contributed by atoms with Gasteiger partial charge >= 0.3 is 0 Å². The average molecular weight is 396 g/mol. The summed E-state index contributed by atoms with van der Waals surface area (Å²) in [6, 6.07) is 8.07. The van der Waals surface area contributed by atoms with E-state index >= 15 is 0 Å². The third kappa shape index (κ3) is 3.69. The highest BCUT2D eigenvalue weighted by Gasteiger charge is 2.62. The topological polar surface area (TPSA) is 72.3 Å². The molecule has 3 aliphatic heterocycles. The molecule has 7 nitrogen and oxygen atoms in total. The average Bonchev–Trinajstić information content (AvgIpc) is 3.46. The van der Waals surface area contributed by atoms with Crippen LogP contribution in [0.1, 0.15) is 24.2 Å². The first-order chi connectivity index (χ1) is 14.1. The summed E-state index contributed by atoms with van der Waals surface area (Å²) in [4.78, 5) is 19.5. The molecule has 0 radical (unpaired) electrons. The van der Waals surface area contributed by atoms with Gasteiger partial charge in [0.25, 0.3) is 0 Å².